The fourth-order valence-corrected chi connectivity index (χ4v) is 3.44. The van der Waals surface area contributed by atoms with E-state index in [0.29, 0.717) is 6.04 Å². The SMILES string of the molecule is N#CC1CCCC1NCc1cc(Br)cs1. The van der Waals surface area contributed by atoms with Crippen molar-refractivity contribution in [1.29, 1.82) is 5.26 Å². The lowest BCUT2D eigenvalue weighted by atomic mass is 10.1. The van der Waals surface area contributed by atoms with E-state index in [1.165, 1.54) is 11.3 Å². The van der Waals surface area contributed by atoms with Crippen LogP contribution in [-0.4, -0.2) is 6.04 Å². The molecule has 1 N–H and O–H groups in total. The zero-order chi connectivity index (χ0) is 10.7. The highest BCUT2D eigenvalue weighted by Gasteiger charge is 2.26. The van der Waals surface area contributed by atoms with Crippen LogP contribution in [0.5, 0.6) is 0 Å². The first kappa shape index (κ1) is 11.1. The number of rotatable bonds is 3. The maximum atomic E-state index is 8.94. The lowest BCUT2D eigenvalue weighted by molar-refractivity contribution is 0.466. The van der Waals surface area contributed by atoms with Gasteiger partial charge in [-0.15, -0.1) is 11.3 Å². The highest BCUT2D eigenvalue weighted by molar-refractivity contribution is 9.10. The summed E-state index contributed by atoms with van der Waals surface area (Å²) in [5.41, 5.74) is 0. The molecular formula is C11H13BrN2S. The maximum absolute atomic E-state index is 8.94. The van der Waals surface area contributed by atoms with Crippen molar-refractivity contribution in [3.8, 4) is 6.07 Å². The number of hydrogen-bond acceptors (Lipinski definition) is 3. The van der Waals surface area contributed by atoms with Crippen molar-refractivity contribution >= 4 is 27.3 Å². The molecule has 1 aliphatic rings. The zero-order valence-corrected chi connectivity index (χ0v) is 10.8. The summed E-state index contributed by atoms with van der Waals surface area (Å²) < 4.78 is 1.15. The van der Waals surface area contributed by atoms with Crippen LogP contribution in [0.2, 0.25) is 0 Å². The lowest BCUT2D eigenvalue weighted by Crippen LogP contribution is -2.30. The highest BCUT2D eigenvalue weighted by Crippen LogP contribution is 2.26. The summed E-state index contributed by atoms with van der Waals surface area (Å²) in [7, 11) is 0. The fourth-order valence-electron chi connectivity index (χ4n) is 2.04. The van der Waals surface area contributed by atoms with Crippen LogP contribution in [0, 0.1) is 17.2 Å². The van der Waals surface area contributed by atoms with Gasteiger partial charge in [0, 0.05) is 27.3 Å². The van der Waals surface area contributed by atoms with E-state index in [0.717, 1.165) is 23.9 Å². The van der Waals surface area contributed by atoms with Crippen molar-refractivity contribution in [2.45, 2.75) is 31.8 Å². The van der Waals surface area contributed by atoms with E-state index in [-0.39, 0.29) is 5.92 Å². The Labute approximate surface area is 102 Å². The molecule has 2 rings (SSSR count). The van der Waals surface area contributed by atoms with Gasteiger partial charge in [0.25, 0.3) is 0 Å². The molecule has 0 aliphatic heterocycles. The Bertz CT molecular complexity index is 369. The van der Waals surface area contributed by atoms with Crippen LogP contribution in [0.15, 0.2) is 15.9 Å². The zero-order valence-electron chi connectivity index (χ0n) is 8.37. The van der Waals surface area contributed by atoms with E-state index in [1.807, 2.05) is 0 Å². The van der Waals surface area contributed by atoms with Crippen LogP contribution >= 0.6 is 27.3 Å². The van der Waals surface area contributed by atoms with Gasteiger partial charge in [-0.25, -0.2) is 0 Å². The molecule has 0 aromatic carbocycles. The van der Waals surface area contributed by atoms with Crippen LogP contribution < -0.4 is 5.32 Å². The largest absolute Gasteiger partial charge is 0.308 e. The van der Waals surface area contributed by atoms with Crippen LogP contribution in [0.4, 0.5) is 0 Å². The van der Waals surface area contributed by atoms with Gasteiger partial charge >= 0.3 is 0 Å². The first-order valence-corrected chi connectivity index (χ1v) is 6.83. The Morgan fingerprint density at radius 2 is 2.47 bits per heavy atom. The molecule has 80 valence electrons. The summed E-state index contributed by atoms with van der Waals surface area (Å²) in [6, 6.07) is 4.92. The van der Waals surface area contributed by atoms with Gasteiger partial charge in [-0.05, 0) is 34.8 Å². The molecular weight excluding hydrogens is 272 g/mol. The molecule has 0 amide bonds. The first-order valence-electron chi connectivity index (χ1n) is 5.15. The van der Waals surface area contributed by atoms with Gasteiger partial charge in [-0.2, -0.15) is 5.26 Å². The Kier molecular flexibility index (Phi) is 3.79. The summed E-state index contributed by atoms with van der Waals surface area (Å²) in [5.74, 6) is 0.216. The molecule has 1 aromatic rings. The van der Waals surface area contributed by atoms with Crippen LogP contribution in [0.25, 0.3) is 0 Å². The van der Waals surface area contributed by atoms with Gasteiger partial charge in [0.2, 0.25) is 0 Å². The van der Waals surface area contributed by atoms with Crippen molar-refractivity contribution in [3.63, 3.8) is 0 Å². The maximum Gasteiger partial charge on any atom is 0.0672 e. The van der Waals surface area contributed by atoms with E-state index >= 15 is 0 Å². The summed E-state index contributed by atoms with van der Waals surface area (Å²) >= 11 is 5.19. The lowest BCUT2D eigenvalue weighted by Gasteiger charge is -2.14. The first-order chi connectivity index (χ1) is 7.29. The predicted octanol–water partition coefficient (Wildman–Crippen LogP) is 3.29. The Morgan fingerprint density at radius 1 is 1.60 bits per heavy atom. The van der Waals surface area contributed by atoms with Crippen molar-refractivity contribution in [3.05, 3.63) is 20.8 Å². The Balaban J connectivity index is 1.85. The molecule has 0 saturated heterocycles. The third-order valence-corrected chi connectivity index (χ3v) is 4.54. The minimum Gasteiger partial charge on any atom is -0.308 e. The molecule has 0 radical (unpaired) electrons. The number of halogens is 1. The molecule has 1 saturated carbocycles. The number of nitriles is 1. The average Bonchev–Trinajstić information content (AvgIpc) is 2.83. The number of nitrogens with one attached hydrogen (secondary N) is 1. The van der Waals surface area contributed by atoms with E-state index < -0.39 is 0 Å². The summed E-state index contributed by atoms with van der Waals surface area (Å²) in [5, 5.41) is 14.5. The van der Waals surface area contributed by atoms with E-state index in [9.17, 15) is 0 Å². The Hall–Kier alpha value is -0.370. The molecule has 1 fully saturated rings. The van der Waals surface area contributed by atoms with Crippen molar-refractivity contribution in [2.75, 3.05) is 0 Å². The molecule has 2 nitrogen and oxygen atoms in total. The third-order valence-electron chi connectivity index (χ3n) is 2.84. The molecule has 1 aliphatic carbocycles. The number of nitrogens with zero attached hydrogens (tertiary/aromatic N) is 1. The van der Waals surface area contributed by atoms with Crippen molar-refractivity contribution < 1.29 is 0 Å². The molecule has 4 heteroatoms. The third kappa shape index (κ3) is 2.81. The Morgan fingerprint density at radius 3 is 3.13 bits per heavy atom. The molecule has 1 heterocycles. The van der Waals surface area contributed by atoms with Gasteiger partial charge in [0.1, 0.15) is 0 Å². The van der Waals surface area contributed by atoms with Gasteiger partial charge in [0.05, 0.1) is 12.0 Å². The number of hydrogen-bond donors (Lipinski definition) is 1. The molecule has 2 unspecified atom stereocenters. The molecule has 2 atom stereocenters. The van der Waals surface area contributed by atoms with Crippen molar-refractivity contribution in [2.24, 2.45) is 5.92 Å². The summed E-state index contributed by atoms with van der Waals surface area (Å²) in [4.78, 5) is 1.32. The van der Waals surface area contributed by atoms with Crippen LogP contribution in [-0.2, 0) is 6.54 Å². The van der Waals surface area contributed by atoms with Gasteiger partial charge in [-0.1, -0.05) is 6.42 Å². The number of thiophene rings is 1. The van der Waals surface area contributed by atoms with Crippen molar-refractivity contribution in [1.82, 2.24) is 5.32 Å². The van der Waals surface area contributed by atoms with Crippen LogP contribution in [0.3, 0.4) is 0 Å². The second kappa shape index (κ2) is 5.11. The quantitative estimate of drug-likeness (QED) is 0.925. The minimum absolute atomic E-state index is 0.216. The van der Waals surface area contributed by atoms with Gasteiger partial charge in [-0.3, -0.25) is 0 Å². The molecule has 0 spiro atoms. The highest BCUT2D eigenvalue weighted by atomic mass is 79.9. The second-order valence-corrected chi connectivity index (χ2v) is 5.80. The van der Waals surface area contributed by atoms with E-state index in [1.54, 1.807) is 11.3 Å². The predicted molar refractivity (Wildman–Crippen MR) is 65.6 cm³/mol. The minimum atomic E-state index is 0.216. The standard InChI is InChI=1S/C11H13BrN2S/c12-9-4-10(15-7-9)6-14-11-3-1-2-8(11)5-13/h4,7-8,11,14H,1-3,6H2. The topological polar surface area (TPSA) is 35.8 Å². The smallest absolute Gasteiger partial charge is 0.0672 e. The summed E-state index contributed by atoms with van der Waals surface area (Å²) in [6.45, 7) is 0.888. The van der Waals surface area contributed by atoms with Gasteiger partial charge < -0.3 is 5.32 Å². The van der Waals surface area contributed by atoms with Gasteiger partial charge in [0.15, 0.2) is 0 Å². The van der Waals surface area contributed by atoms with E-state index in [2.05, 4.69) is 38.8 Å². The fraction of sp³-hybridized carbons (Fsp3) is 0.545. The van der Waals surface area contributed by atoms with Crippen LogP contribution in [0.1, 0.15) is 24.1 Å². The normalized spacial score (nSPS) is 25.3. The van der Waals surface area contributed by atoms with E-state index in [4.69, 9.17) is 5.26 Å². The average molecular weight is 285 g/mol. The second-order valence-electron chi connectivity index (χ2n) is 3.89. The molecule has 1 aromatic heterocycles. The monoisotopic (exact) mass is 284 g/mol. The molecule has 15 heavy (non-hydrogen) atoms. The molecule has 0 bridgehead atoms. The summed E-state index contributed by atoms with van der Waals surface area (Å²) in [6.07, 6.45) is 3.39.